The molecule has 0 aromatic rings. The Morgan fingerprint density at radius 3 is 1.50 bits per heavy atom. The van der Waals surface area contributed by atoms with Gasteiger partial charge in [0.25, 0.3) is 6.48 Å². The van der Waals surface area contributed by atoms with Crippen molar-refractivity contribution in [2.45, 2.75) is 40.6 Å². The average Bonchev–Trinajstić information content (AvgIpc) is 2.30. The molecule has 0 aliphatic rings. The quantitative estimate of drug-likeness (QED) is 0.362. The van der Waals surface area contributed by atoms with E-state index in [0.717, 1.165) is 0 Å². The van der Waals surface area contributed by atoms with E-state index in [0.29, 0.717) is 32.5 Å². The molecule has 0 aromatic heterocycles. The van der Waals surface area contributed by atoms with Crippen molar-refractivity contribution in [2.75, 3.05) is 19.8 Å². The fourth-order valence-corrected chi connectivity index (χ4v) is 0.636. The number of carbonyl (C=O) groups excluding carboxylic acids is 2. The Morgan fingerprint density at radius 2 is 1.38 bits per heavy atom. The molecule has 0 radical (unpaired) electrons. The van der Waals surface area contributed by atoms with Gasteiger partial charge in [-0.15, -0.1) is 0 Å². The predicted molar refractivity (Wildman–Crippen MR) is 60.0 cm³/mol. The third kappa shape index (κ3) is 13.2. The zero-order valence-electron chi connectivity index (χ0n) is 10.5. The highest BCUT2D eigenvalue weighted by Crippen LogP contribution is 1.95. The molecule has 0 saturated carbocycles. The van der Waals surface area contributed by atoms with E-state index in [9.17, 15) is 9.59 Å². The third-order valence-corrected chi connectivity index (χ3v) is 1.39. The summed E-state index contributed by atoms with van der Waals surface area (Å²) in [6.07, 6.45) is 0.656. The van der Waals surface area contributed by atoms with Crippen molar-refractivity contribution < 1.29 is 23.8 Å². The van der Waals surface area contributed by atoms with Crippen LogP contribution in [0.5, 0.6) is 0 Å². The summed E-state index contributed by atoms with van der Waals surface area (Å²) in [6.45, 7) is 8.75. The van der Waals surface area contributed by atoms with E-state index in [-0.39, 0.29) is 5.78 Å². The van der Waals surface area contributed by atoms with Crippen molar-refractivity contribution in [3.05, 3.63) is 0 Å². The Labute approximate surface area is 97.1 Å². The predicted octanol–water partition coefficient (Wildman–Crippen LogP) is 1.54. The summed E-state index contributed by atoms with van der Waals surface area (Å²) in [5.41, 5.74) is 0. The molecule has 0 spiro atoms. The molecule has 0 rings (SSSR count). The summed E-state index contributed by atoms with van der Waals surface area (Å²) in [5, 5.41) is 0. The van der Waals surface area contributed by atoms with Gasteiger partial charge in [-0.05, 0) is 20.8 Å². The van der Waals surface area contributed by atoms with Crippen molar-refractivity contribution in [3.8, 4) is 0 Å². The van der Waals surface area contributed by atoms with Gasteiger partial charge in [-0.1, -0.05) is 6.92 Å². The molecule has 96 valence electrons. The van der Waals surface area contributed by atoms with Crippen LogP contribution in [0.1, 0.15) is 34.1 Å². The lowest BCUT2D eigenvalue weighted by Crippen LogP contribution is -2.20. The van der Waals surface area contributed by atoms with Gasteiger partial charge < -0.3 is 14.2 Å². The molecule has 5 heteroatoms. The number of aldehydes is 1. The number of Topliss-reactive ketones (excluding diaryl/α,β-unsaturated/α-hetero) is 1. The molecule has 16 heavy (non-hydrogen) atoms. The first-order valence-electron chi connectivity index (χ1n) is 5.48. The fraction of sp³-hybridized carbons (Fsp3) is 0.818. The van der Waals surface area contributed by atoms with E-state index < -0.39 is 6.48 Å². The van der Waals surface area contributed by atoms with Gasteiger partial charge in [-0.2, -0.15) is 0 Å². The first-order valence-corrected chi connectivity index (χ1v) is 5.48. The highest BCUT2D eigenvalue weighted by Gasteiger charge is 2.04. The highest BCUT2D eigenvalue weighted by molar-refractivity contribution is 6.24. The molecule has 0 unspecified atom stereocenters. The number of hydrogen-bond donors (Lipinski definition) is 0. The zero-order valence-corrected chi connectivity index (χ0v) is 10.5. The van der Waals surface area contributed by atoms with E-state index in [1.165, 1.54) is 0 Å². The van der Waals surface area contributed by atoms with Gasteiger partial charge >= 0.3 is 0 Å². The van der Waals surface area contributed by atoms with Crippen LogP contribution in [0.4, 0.5) is 0 Å². The van der Waals surface area contributed by atoms with Gasteiger partial charge in [0.1, 0.15) is 0 Å². The number of carbonyl (C=O) groups is 2. The molecule has 5 nitrogen and oxygen atoms in total. The summed E-state index contributed by atoms with van der Waals surface area (Å²) in [4.78, 5) is 19.2. The largest absolute Gasteiger partial charge is 0.330 e. The van der Waals surface area contributed by atoms with Gasteiger partial charge in [0.2, 0.25) is 0 Å². The molecule has 0 aliphatic carbocycles. The van der Waals surface area contributed by atoms with E-state index in [1.807, 2.05) is 20.8 Å². The Kier molecular flexibility index (Phi) is 15.7. The molecule has 0 amide bonds. The topological polar surface area (TPSA) is 61.8 Å². The van der Waals surface area contributed by atoms with E-state index in [1.54, 1.807) is 6.92 Å². The normalized spacial score (nSPS) is 9.56. The summed E-state index contributed by atoms with van der Waals surface area (Å²) < 4.78 is 15.2. The minimum Gasteiger partial charge on any atom is -0.330 e. The van der Waals surface area contributed by atoms with Crippen LogP contribution in [-0.4, -0.2) is 38.4 Å². The van der Waals surface area contributed by atoms with Crippen molar-refractivity contribution in [2.24, 2.45) is 0 Å². The first-order chi connectivity index (χ1) is 7.65. The summed E-state index contributed by atoms with van der Waals surface area (Å²) in [5.74, 6) is -0.338. The van der Waals surface area contributed by atoms with Crippen LogP contribution in [0.2, 0.25) is 0 Å². The molecular formula is C11H22O5. The number of rotatable bonds is 8. The zero-order chi connectivity index (χ0) is 12.8. The monoisotopic (exact) mass is 234 g/mol. The average molecular weight is 234 g/mol. The molecule has 0 N–H and O–H groups in total. The van der Waals surface area contributed by atoms with Crippen LogP contribution >= 0.6 is 0 Å². The second-order valence-corrected chi connectivity index (χ2v) is 2.59. The van der Waals surface area contributed by atoms with Crippen molar-refractivity contribution in [1.82, 2.24) is 0 Å². The summed E-state index contributed by atoms with van der Waals surface area (Å²) >= 11 is 0. The van der Waals surface area contributed by atoms with Gasteiger partial charge in [0.15, 0.2) is 12.1 Å². The minimum absolute atomic E-state index is 0.323. The second kappa shape index (κ2) is 14.2. The minimum atomic E-state index is -0.472. The van der Waals surface area contributed by atoms with Crippen LogP contribution < -0.4 is 0 Å². The maximum absolute atomic E-state index is 9.81. The second-order valence-electron chi connectivity index (χ2n) is 2.59. The first kappa shape index (κ1) is 17.6. The van der Waals surface area contributed by atoms with Crippen molar-refractivity contribution in [3.63, 3.8) is 0 Å². The SMILES string of the molecule is CCC(=O)C=O.CCOC(OCC)OCC. The van der Waals surface area contributed by atoms with Crippen LogP contribution in [0.15, 0.2) is 0 Å². The summed E-state index contributed by atoms with van der Waals surface area (Å²) in [7, 11) is 0. The molecule has 0 atom stereocenters. The van der Waals surface area contributed by atoms with Crippen LogP contribution in [0.25, 0.3) is 0 Å². The molecule has 0 saturated heterocycles. The van der Waals surface area contributed by atoms with E-state index in [2.05, 4.69) is 0 Å². The van der Waals surface area contributed by atoms with Gasteiger partial charge in [-0.25, -0.2) is 0 Å². The molecule has 0 heterocycles. The highest BCUT2D eigenvalue weighted by atomic mass is 16.8. The van der Waals surface area contributed by atoms with Crippen molar-refractivity contribution in [1.29, 1.82) is 0 Å². The van der Waals surface area contributed by atoms with Gasteiger partial charge in [0.05, 0.1) is 0 Å². The lowest BCUT2D eigenvalue weighted by molar-refractivity contribution is -0.282. The van der Waals surface area contributed by atoms with Crippen LogP contribution in [0.3, 0.4) is 0 Å². The number of ether oxygens (including phenoxy) is 3. The maximum atomic E-state index is 9.81. The lowest BCUT2D eigenvalue weighted by atomic mass is 10.3. The molecule has 0 bridgehead atoms. The molecule has 0 fully saturated rings. The van der Waals surface area contributed by atoms with Crippen molar-refractivity contribution >= 4 is 12.1 Å². The van der Waals surface area contributed by atoms with E-state index >= 15 is 0 Å². The molecule has 0 aromatic carbocycles. The standard InChI is InChI=1S/C7H16O3.C4H6O2/c1-4-8-7(9-5-2)10-6-3;1-2-4(6)3-5/h7H,4-6H2,1-3H3;3H,2H2,1H3. The third-order valence-electron chi connectivity index (χ3n) is 1.39. The number of hydrogen-bond acceptors (Lipinski definition) is 5. The van der Waals surface area contributed by atoms with Crippen LogP contribution in [-0.2, 0) is 23.8 Å². The molecular weight excluding hydrogens is 212 g/mol. The lowest BCUT2D eigenvalue weighted by Gasteiger charge is -2.15. The van der Waals surface area contributed by atoms with Crippen LogP contribution in [0, 0.1) is 0 Å². The smallest absolute Gasteiger partial charge is 0.271 e. The fourth-order valence-electron chi connectivity index (χ4n) is 0.636. The summed E-state index contributed by atoms with van der Waals surface area (Å²) in [6, 6.07) is 0. The Hall–Kier alpha value is -0.780. The Balaban J connectivity index is 0. The maximum Gasteiger partial charge on any atom is 0.271 e. The van der Waals surface area contributed by atoms with Gasteiger partial charge in [0, 0.05) is 26.2 Å². The van der Waals surface area contributed by atoms with E-state index in [4.69, 9.17) is 14.2 Å². The number of ketones is 1. The Bertz CT molecular complexity index is 155. The molecule has 0 aliphatic heterocycles. The van der Waals surface area contributed by atoms with Gasteiger partial charge in [-0.3, -0.25) is 9.59 Å². The Morgan fingerprint density at radius 1 is 1.00 bits per heavy atom.